The Hall–Kier alpha value is -2.09. The molecule has 0 fully saturated rings. The molecule has 0 saturated heterocycles. The molecule has 0 aliphatic carbocycles. The van der Waals surface area contributed by atoms with E-state index in [1.165, 1.54) is 0 Å². The van der Waals surface area contributed by atoms with Crippen LogP contribution in [0.5, 0.6) is 0 Å². The molecule has 0 saturated carbocycles. The van der Waals surface area contributed by atoms with E-state index in [0.717, 1.165) is 5.56 Å². The first-order valence-electron chi connectivity index (χ1n) is 7.71. The summed E-state index contributed by atoms with van der Waals surface area (Å²) in [5, 5.41) is 17.3. The number of aliphatic hydroxyl groups excluding tert-OH is 1. The standard InChI is InChI=1S/C16H17Cl2N5O2/c1-8-13(15(19)25)14(9-4-5-10(17)11(18)7-9)23-16(20-8)21-12(22-23)3-2-6-24/h4-5,7,14,24H,2-3,6H2,1H3,(H2,19,25)(H,20,21,22)/t14-/m0/s1. The van der Waals surface area contributed by atoms with E-state index in [4.69, 9.17) is 34.0 Å². The second-order valence-corrected chi connectivity index (χ2v) is 6.54. The molecule has 0 unspecified atom stereocenters. The van der Waals surface area contributed by atoms with Crippen LogP contribution in [0.25, 0.3) is 0 Å². The number of fused-ring (bicyclic) bond motifs is 1. The summed E-state index contributed by atoms with van der Waals surface area (Å²) in [6.07, 6.45) is 1.08. The highest BCUT2D eigenvalue weighted by Gasteiger charge is 2.33. The van der Waals surface area contributed by atoms with Crippen molar-refractivity contribution in [2.75, 3.05) is 11.9 Å². The predicted molar refractivity (Wildman–Crippen MR) is 95.5 cm³/mol. The number of amides is 1. The highest BCUT2D eigenvalue weighted by atomic mass is 35.5. The smallest absolute Gasteiger partial charge is 0.248 e. The lowest BCUT2D eigenvalue weighted by atomic mass is 9.95. The topological polar surface area (TPSA) is 106 Å². The number of aromatic nitrogens is 3. The molecule has 3 rings (SSSR count). The number of halogens is 2. The molecule has 2 heterocycles. The fourth-order valence-electron chi connectivity index (χ4n) is 2.85. The number of nitrogens with zero attached hydrogens (tertiary/aromatic N) is 3. The number of aliphatic hydroxyl groups is 1. The van der Waals surface area contributed by atoms with E-state index in [0.29, 0.717) is 45.9 Å². The number of rotatable bonds is 5. The predicted octanol–water partition coefficient (Wildman–Crippen LogP) is 2.28. The quantitative estimate of drug-likeness (QED) is 0.736. The lowest BCUT2D eigenvalue weighted by molar-refractivity contribution is -0.115. The van der Waals surface area contributed by atoms with Crippen LogP contribution in [-0.2, 0) is 11.2 Å². The van der Waals surface area contributed by atoms with Crippen LogP contribution in [0.15, 0.2) is 29.5 Å². The summed E-state index contributed by atoms with van der Waals surface area (Å²) >= 11 is 12.1. The molecular formula is C16H17Cl2N5O2. The van der Waals surface area contributed by atoms with Crippen LogP contribution in [0.3, 0.4) is 0 Å². The number of hydrogen-bond acceptors (Lipinski definition) is 5. The van der Waals surface area contributed by atoms with E-state index < -0.39 is 11.9 Å². The molecule has 0 spiro atoms. The normalized spacial score (nSPS) is 16.6. The number of nitrogens with one attached hydrogen (secondary N) is 1. The maximum absolute atomic E-state index is 12.1. The number of aryl methyl sites for hydroxylation is 1. The van der Waals surface area contributed by atoms with Crippen LogP contribution in [0.4, 0.5) is 5.95 Å². The molecule has 1 aromatic heterocycles. The minimum Gasteiger partial charge on any atom is -0.396 e. The molecule has 9 heteroatoms. The van der Waals surface area contributed by atoms with E-state index in [9.17, 15) is 4.79 Å². The van der Waals surface area contributed by atoms with Crippen molar-refractivity contribution >= 4 is 35.1 Å². The summed E-state index contributed by atoms with van der Waals surface area (Å²) in [5.41, 5.74) is 7.32. The van der Waals surface area contributed by atoms with Gasteiger partial charge in [-0.3, -0.25) is 4.79 Å². The first-order chi connectivity index (χ1) is 11.9. The van der Waals surface area contributed by atoms with E-state index in [-0.39, 0.29) is 6.61 Å². The summed E-state index contributed by atoms with van der Waals surface area (Å²) < 4.78 is 1.61. The van der Waals surface area contributed by atoms with Gasteiger partial charge in [0.15, 0.2) is 5.82 Å². The summed E-state index contributed by atoms with van der Waals surface area (Å²) in [6.45, 7) is 1.81. The van der Waals surface area contributed by atoms with Gasteiger partial charge in [0, 0.05) is 18.7 Å². The Morgan fingerprint density at radius 1 is 1.40 bits per heavy atom. The Kier molecular flexibility index (Phi) is 4.99. The van der Waals surface area contributed by atoms with Crippen molar-refractivity contribution < 1.29 is 9.90 Å². The molecule has 1 aliphatic rings. The first kappa shape index (κ1) is 17.7. The van der Waals surface area contributed by atoms with Gasteiger partial charge >= 0.3 is 0 Å². The molecule has 4 N–H and O–H groups in total. The Morgan fingerprint density at radius 2 is 2.16 bits per heavy atom. The number of allylic oxidation sites excluding steroid dienone is 1. The Morgan fingerprint density at radius 3 is 2.80 bits per heavy atom. The number of anilines is 1. The SMILES string of the molecule is CC1=C(C(N)=O)[C@H](c2ccc(Cl)c(Cl)c2)n2nc(CCCO)nc2N1. The number of primary amides is 1. The second-order valence-electron chi connectivity index (χ2n) is 5.73. The fourth-order valence-corrected chi connectivity index (χ4v) is 3.15. The van der Waals surface area contributed by atoms with E-state index in [2.05, 4.69) is 15.4 Å². The Bertz CT molecular complexity index is 862. The van der Waals surface area contributed by atoms with Gasteiger partial charge in [0.25, 0.3) is 0 Å². The molecule has 2 aromatic rings. The Labute approximate surface area is 154 Å². The van der Waals surface area contributed by atoms with Crippen molar-refractivity contribution in [2.24, 2.45) is 5.73 Å². The minimum atomic E-state index is -0.557. The van der Waals surface area contributed by atoms with Gasteiger partial charge in [-0.15, -0.1) is 0 Å². The van der Waals surface area contributed by atoms with Crippen LogP contribution < -0.4 is 11.1 Å². The number of carbonyl (C=O) groups is 1. The van der Waals surface area contributed by atoms with Gasteiger partial charge in [-0.2, -0.15) is 10.1 Å². The number of carbonyl (C=O) groups excluding carboxylic acids is 1. The van der Waals surface area contributed by atoms with Crippen molar-refractivity contribution in [1.29, 1.82) is 0 Å². The summed E-state index contributed by atoms with van der Waals surface area (Å²) in [4.78, 5) is 16.5. The molecule has 132 valence electrons. The highest BCUT2D eigenvalue weighted by molar-refractivity contribution is 6.42. The Balaban J connectivity index is 2.13. The molecule has 1 aromatic carbocycles. The van der Waals surface area contributed by atoms with Crippen molar-refractivity contribution in [3.8, 4) is 0 Å². The van der Waals surface area contributed by atoms with Crippen molar-refractivity contribution in [1.82, 2.24) is 14.8 Å². The van der Waals surface area contributed by atoms with E-state index >= 15 is 0 Å². The third-order valence-electron chi connectivity index (χ3n) is 3.98. The van der Waals surface area contributed by atoms with Gasteiger partial charge in [0.2, 0.25) is 11.9 Å². The van der Waals surface area contributed by atoms with Crippen molar-refractivity contribution in [3.63, 3.8) is 0 Å². The zero-order chi connectivity index (χ0) is 18.1. The maximum Gasteiger partial charge on any atom is 0.248 e. The summed E-state index contributed by atoms with van der Waals surface area (Å²) in [6, 6.07) is 4.58. The van der Waals surface area contributed by atoms with Gasteiger partial charge in [-0.1, -0.05) is 29.3 Å². The van der Waals surface area contributed by atoms with Crippen molar-refractivity contribution in [2.45, 2.75) is 25.8 Å². The second kappa shape index (κ2) is 7.03. The lowest BCUT2D eigenvalue weighted by Crippen LogP contribution is -2.31. The first-order valence-corrected chi connectivity index (χ1v) is 8.46. The van der Waals surface area contributed by atoms with Gasteiger partial charge in [0.1, 0.15) is 6.04 Å². The zero-order valence-corrected chi connectivity index (χ0v) is 15.0. The lowest BCUT2D eigenvalue weighted by Gasteiger charge is -2.27. The van der Waals surface area contributed by atoms with Gasteiger partial charge < -0.3 is 16.2 Å². The third-order valence-corrected chi connectivity index (χ3v) is 4.72. The molecule has 1 aliphatic heterocycles. The van der Waals surface area contributed by atoms with Crippen LogP contribution in [-0.4, -0.2) is 32.4 Å². The van der Waals surface area contributed by atoms with Crippen LogP contribution in [0.2, 0.25) is 10.0 Å². The maximum atomic E-state index is 12.1. The van der Waals surface area contributed by atoms with Gasteiger partial charge in [0.05, 0.1) is 15.6 Å². The number of benzene rings is 1. The highest BCUT2D eigenvalue weighted by Crippen LogP contribution is 2.37. The number of nitrogens with two attached hydrogens (primary N) is 1. The molecule has 1 atom stereocenters. The van der Waals surface area contributed by atoms with E-state index in [1.807, 2.05) is 0 Å². The average molecular weight is 382 g/mol. The fraction of sp³-hybridized carbons (Fsp3) is 0.312. The third kappa shape index (κ3) is 3.35. The van der Waals surface area contributed by atoms with Gasteiger partial charge in [-0.05, 0) is 31.0 Å². The molecular weight excluding hydrogens is 365 g/mol. The largest absolute Gasteiger partial charge is 0.396 e. The van der Waals surface area contributed by atoms with Crippen molar-refractivity contribution in [3.05, 3.63) is 50.9 Å². The van der Waals surface area contributed by atoms with Crippen LogP contribution in [0, 0.1) is 0 Å². The monoisotopic (exact) mass is 381 g/mol. The summed E-state index contributed by atoms with van der Waals surface area (Å²) in [5.74, 6) is 0.519. The zero-order valence-electron chi connectivity index (χ0n) is 13.5. The molecule has 25 heavy (non-hydrogen) atoms. The molecule has 1 amide bonds. The van der Waals surface area contributed by atoms with Gasteiger partial charge in [-0.25, -0.2) is 4.68 Å². The molecule has 0 radical (unpaired) electrons. The van der Waals surface area contributed by atoms with E-state index in [1.54, 1.807) is 29.8 Å². The molecule has 0 bridgehead atoms. The average Bonchev–Trinajstić information content (AvgIpc) is 2.96. The molecule has 7 nitrogen and oxygen atoms in total. The number of hydrogen-bond donors (Lipinski definition) is 3. The van der Waals surface area contributed by atoms with Crippen LogP contribution >= 0.6 is 23.2 Å². The van der Waals surface area contributed by atoms with Crippen LogP contribution in [0.1, 0.15) is 30.8 Å². The minimum absolute atomic E-state index is 0.0529. The summed E-state index contributed by atoms with van der Waals surface area (Å²) in [7, 11) is 0.